The summed E-state index contributed by atoms with van der Waals surface area (Å²) in [4.78, 5) is 14.9. The zero-order valence-electron chi connectivity index (χ0n) is 14.4. The maximum atomic E-state index is 12.9. The number of thioether (sulfide) groups is 1. The van der Waals surface area contributed by atoms with Gasteiger partial charge < -0.3 is 4.90 Å². The fraction of sp³-hybridized carbons (Fsp3) is 0.588. The molecule has 0 aromatic heterocycles. The summed E-state index contributed by atoms with van der Waals surface area (Å²) >= 11 is 4.91. The number of carbonyl (C=O) groups is 1. The number of halogens is 1. The van der Waals surface area contributed by atoms with Crippen LogP contribution in [0.5, 0.6) is 0 Å². The second-order valence-electron chi connectivity index (χ2n) is 6.15. The van der Waals surface area contributed by atoms with Crippen molar-refractivity contribution in [3.05, 3.63) is 28.7 Å². The van der Waals surface area contributed by atoms with Crippen LogP contribution in [0.25, 0.3) is 0 Å². The second kappa shape index (κ2) is 9.94. The Balaban J connectivity index is 2.15. The highest BCUT2D eigenvalue weighted by Crippen LogP contribution is 2.17. The van der Waals surface area contributed by atoms with E-state index >= 15 is 0 Å². The molecule has 1 aromatic rings. The molecule has 0 saturated carbocycles. The fourth-order valence-corrected chi connectivity index (χ4v) is 4.81. The molecule has 1 atom stereocenters. The fourth-order valence-electron chi connectivity index (χ4n) is 2.85. The van der Waals surface area contributed by atoms with E-state index in [4.69, 9.17) is 0 Å². The second-order valence-corrected chi connectivity index (χ2v) is 9.76. The van der Waals surface area contributed by atoms with Gasteiger partial charge in [0, 0.05) is 17.6 Å². The van der Waals surface area contributed by atoms with Crippen LogP contribution >= 0.6 is 27.7 Å². The Morgan fingerprint density at radius 1 is 1.20 bits per heavy atom. The van der Waals surface area contributed by atoms with E-state index in [-0.39, 0.29) is 10.8 Å². The normalized spacial score (nSPS) is 17.1. The van der Waals surface area contributed by atoms with Crippen LogP contribution in [0, 0.1) is 0 Å². The van der Waals surface area contributed by atoms with Crippen LogP contribution in [0.2, 0.25) is 0 Å². The molecule has 1 fully saturated rings. The Kier molecular flexibility index (Phi) is 8.25. The average Bonchev–Trinajstić information content (AvgIpc) is 2.87. The van der Waals surface area contributed by atoms with E-state index in [0.717, 1.165) is 35.9 Å². The number of hydrogen-bond donors (Lipinski definition) is 1. The van der Waals surface area contributed by atoms with Crippen LogP contribution in [-0.2, 0) is 14.8 Å². The molecule has 1 heterocycles. The summed E-state index contributed by atoms with van der Waals surface area (Å²) in [7, 11) is -3.73. The lowest BCUT2D eigenvalue weighted by Gasteiger charge is -2.26. The number of likely N-dealkylation sites (tertiary alicyclic amines) is 1. The molecule has 0 radical (unpaired) electrons. The molecule has 1 aliphatic heterocycles. The van der Waals surface area contributed by atoms with Gasteiger partial charge in [0.25, 0.3) is 0 Å². The molecule has 8 heteroatoms. The molecule has 0 unspecified atom stereocenters. The number of hydrogen-bond acceptors (Lipinski definition) is 4. The molecule has 1 aliphatic rings. The first-order valence-corrected chi connectivity index (χ1v) is 12.2. The van der Waals surface area contributed by atoms with Crippen molar-refractivity contribution in [3.8, 4) is 0 Å². The molecule has 2 rings (SSSR count). The predicted octanol–water partition coefficient (Wildman–Crippen LogP) is 3.25. The molecule has 140 valence electrons. The third kappa shape index (κ3) is 6.27. The van der Waals surface area contributed by atoms with Gasteiger partial charge in [-0.3, -0.25) is 4.79 Å². The van der Waals surface area contributed by atoms with Crippen LogP contribution in [0.3, 0.4) is 0 Å². The minimum Gasteiger partial charge on any atom is -0.341 e. The highest BCUT2D eigenvalue weighted by molar-refractivity contribution is 9.10. The maximum Gasteiger partial charge on any atom is 0.241 e. The van der Waals surface area contributed by atoms with Crippen molar-refractivity contribution in [1.82, 2.24) is 9.62 Å². The summed E-state index contributed by atoms with van der Waals surface area (Å²) in [5, 5.41) is 0. The first kappa shape index (κ1) is 20.7. The van der Waals surface area contributed by atoms with Gasteiger partial charge in [-0.25, -0.2) is 8.42 Å². The van der Waals surface area contributed by atoms with E-state index < -0.39 is 16.1 Å². The largest absolute Gasteiger partial charge is 0.341 e. The number of sulfonamides is 1. The lowest BCUT2D eigenvalue weighted by molar-refractivity contribution is -0.133. The number of nitrogens with zero attached hydrogens (tertiary/aromatic N) is 1. The molecular weight excluding hydrogens is 424 g/mol. The average molecular weight is 449 g/mol. The van der Waals surface area contributed by atoms with E-state index in [1.807, 2.05) is 11.2 Å². The molecule has 1 amide bonds. The lowest BCUT2D eigenvalue weighted by atomic mass is 10.2. The Hall–Kier alpha value is -0.570. The molecule has 5 nitrogen and oxygen atoms in total. The zero-order valence-corrected chi connectivity index (χ0v) is 17.6. The minimum atomic E-state index is -3.73. The van der Waals surface area contributed by atoms with E-state index in [1.54, 1.807) is 23.9 Å². The quantitative estimate of drug-likeness (QED) is 0.694. The van der Waals surface area contributed by atoms with Crippen LogP contribution in [-0.4, -0.2) is 50.4 Å². The highest BCUT2D eigenvalue weighted by atomic mass is 79.9. The van der Waals surface area contributed by atoms with Crippen molar-refractivity contribution in [2.24, 2.45) is 0 Å². The molecule has 25 heavy (non-hydrogen) atoms. The van der Waals surface area contributed by atoms with Gasteiger partial charge >= 0.3 is 0 Å². The van der Waals surface area contributed by atoms with E-state index in [1.165, 1.54) is 12.1 Å². The van der Waals surface area contributed by atoms with Crippen LogP contribution in [0.15, 0.2) is 33.6 Å². The Morgan fingerprint density at radius 2 is 1.80 bits per heavy atom. The van der Waals surface area contributed by atoms with Crippen molar-refractivity contribution in [3.63, 3.8) is 0 Å². The molecule has 0 aliphatic carbocycles. The molecule has 1 saturated heterocycles. The van der Waals surface area contributed by atoms with Gasteiger partial charge in [-0.2, -0.15) is 16.5 Å². The summed E-state index contributed by atoms with van der Waals surface area (Å²) in [6.45, 7) is 1.43. The molecule has 1 N–H and O–H groups in total. The standard InChI is InChI=1S/C17H25BrN2O3S2/c1-24-13-10-16(17(21)20-11-4-2-3-5-12-20)19-25(22,23)15-8-6-14(18)7-9-15/h6-9,16,19H,2-5,10-13H2,1H3/t16-/m0/s1. The predicted molar refractivity (Wildman–Crippen MR) is 106 cm³/mol. The highest BCUT2D eigenvalue weighted by Gasteiger charge is 2.29. The van der Waals surface area contributed by atoms with Crippen molar-refractivity contribution in [2.75, 3.05) is 25.1 Å². The zero-order chi connectivity index (χ0) is 18.3. The summed E-state index contributed by atoms with van der Waals surface area (Å²) in [6.07, 6.45) is 6.68. The van der Waals surface area contributed by atoms with Crippen molar-refractivity contribution in [1.29, 1.82) is 0 Å². The van der Waals surface area contributed by atoms with Gasteiger partial charge in [-0.05, 0) is 55.5 Å². The minimum absolute atomic E-state index is 0.100. The van der Waals surface area contributed by atoms with Gasteiger partial charge in [0.1, 0.15) is 6.04 Å². The van der Waals surface area contributed by atoms with Crippen molar-refractivity contribution in [2.45, 2.75) is 43.0 Å². The first-order chi connectivity index (χ1) is 11.9. The monoisotopic (exact) mass is 448 g/mol. The summed E-state index contributed by atoms with van der Waals surface area (Å²) in [5.41, 5.74) is 0. The first-order valence-electron chi connectivity index (χ1n) is 8.49. The van der Waals surface area contributed by atoms with E-state index in [9.17, 15) is 13.2 Å². The Bertz CT molecular complexity index is 657. The van der Waals surface area contributed by atoms with Crippen LogP contribution < -0.4 is 4.72 Å². The number of benzene rings is 1. The lowest BCUT2D eigenvalue weighted by Crippen LogP contribution is -2.49. The summed E-state index contributed by atoms with van der Waals surface area (Å²) in [5.74, 6) is 0.629. The van der Waals surface area contributed by atoms with Gasteiger partial charge in [-0.15, -0.1) is 0 Å². The van der Waals surface area contributed by atoms with Gasteiger partial charge in [0.15, 0.2) is 0 Å². The maximum absolute atomic E-state index is 12.9. The molecule has 0 spiro atoms. The van der Waals surface area contributed by atoms with Gasteiger partial charge in [0.05, 0.1) is 4.90 Å². The van der Waals surface area contributed by atoms with Crippen LogP contribution in [0.1, 0.15) is 32.1 Å². The number of carbonyl (C=O) groups excluding carboxylic acids is 1. The number of rotatable bonds is 7. The number of amides is 1. The third-order valence-electron chi connectivity index (χ3n) is 4.25. The topological polar surface area (TPSA) is 66.5 Å². The smallest absolute Gasteiger partial charge is 0.241 e. The molecule has 0 bridgehead atoms. The SMILES string of the molecule is CSCC[C@H](NS(=O)(=O)c1ccc(Br)cc1)C(=O)N1CCCCCC1. The third-order valence-corrected chi connectivity index (χ3v) is 6.91. The number of nitrogens with one attached hydrogen (secondary N) is 1. The van der Waals surface area contributed by atoms with Crippen LogP contribution in [0.4, 0.5) is 0 Å². The van der Waals surface area contributed by atoms with Crippen molar-refractivity contribution < 1.29 is 13.2 Å². The van der Waals surface area contributed by atoms with E-state index in [0.29, 0.717) is 19.5 Å². The molecular formula is C17H25BrN2O3S2. The van der Waals surface area contributed by atoms with Gasteiger partial charge in [0.2, 0.25) is 15.9 Å². The van der Waals surface area contributed by atoms with E-state index in [2.05, 4.69) is 20.7 Å². The summed E-state index contributed by atoms with van der Waals surface area (Å²) < 4.78 is 28.8. The Morgan fingerprint density at radius 3 is 2.36 bits per heavy atom. The summed E-state index contributed by atoms with van der Waals surface area (Å²) in [6, 6.07) is 5.73. The Labute approximate surface area is 163 Å². The van der Waals surface area contributed by atoms with Crippen molar-refractivity contribution >= 4 is 43.6 Å². The molecule has 1 aromatic carbocycles. The van der Waals surface area contributed by atoms with Gasteiger partial charge in [-0.1, -0.05) is 28.8 Å².